The number of carbonyl (C=O) groups is 1. The molecule has 0 aliphatic carbocycles. The normalized spacial score (nSPS) is 10.8. The Hall–Kier alpha value is -1.66. The van der Waals surface area contributed by atoms with E-state index in [0.29, 0.717) is 11.6 Å². The molecule has 0 bridgehead atoms. The van der Waals surface area contributed by atoms with Crippen LogP contribution < -0.4 is 10.6 Å². The van der Waals surface area contributed by atoms with E-state index in [4.69, 9.17) is 9.47 Å². The molecule has 6 heteroatoms. The monoisotopic (exact) mass is 267 g/mol. The Bertz CT molecular complexity index is 389. The van der Waals surface area contributed by atoms with Crippen LogP contribution in [0.2, 0.25) is 0 Å². The summed E-state index contributed by atoms with van der Waals surface area (Å²) in [5.41, 5.74) is 0.500. The molecule has 19 heavy (non-hydrogen) atoms. The van der Waals surface area contributed by atoms with E-state index in [1.165, 1.54) is 20.4 Å². The number of pyridine rings is 1. The highest BCUT2D eigenvalue weighted by Crippen LogP contribution is 2.06. The lowest BCUT2D eigenvalue weighted by molar-refractivity contribution is -0.0974. The summed E-state index contributed by atoms with van der Waals surface area (Å²) in [6.45, 7) is 4.34. The van der Waals surface area contributed by atoms with E-state index in [9.17, 15) is 4.79 Å². The van der Waals surface area contributed by atoms with Gasteiger partial charge in [0.1, 0.15) is 5.82 Å². The number of nitrogens with one attached hydrogen (secondary N) is 2. The summed E-state index contributed by atoms with van der Waals surface area (Å²) in [6, 6.07) is 3.80. The van der Waals surface area contributed by atoms with E-state index in [-0.39, 0.29) is 12.5 Å². The number of hydrogen-bond acceptors (Lipinski definition) is 5. The Kier molecular flexibility index (Phi) is 6.24. The molecule has 0 atom stereocenters. The first-order chi connectivity index (χ1) is 9.06. The minimum absolute atomic E-state index is 0.206. The molecule has 1 rings (SSSR count). The van der Waals surface area contributed by atoms with E-state index in [2.05, 4.69) is 15.6 Å². The number of rotatable bonds is 7. The first kappa shape index (κ1) is 15.4. The number of aromatic nitrogens is 1. The van der Waals surface area contributed by atoms with Crippen LogP contribution in [0.1, 0.15) is 24.2 Å². The van der Waals surface area contributed by atoms with Gasteiger partial charge in [0.2, 0.25) is 0 Å². The van der Waals surface area contributed by atoms with Gasteiger partial charge in [-0.05, 0) is 26.0 Å². The number of methoxy groups -OCH3 is 2. The summed E-state index contributed by atoms with van der Waals surface area (Å²) in [4.78, 5) is 16.0. The highest BCUT2D eigenvalue weighted by atomic mass is 16.7. The predicted octanol–water partition coefficient (Wildman–Crippen LogP) is 1.25. The lowest BCUT2D eigenvalue weighted by Crippen LogP contribution is -2.34. The average molecular weight is 267 g/mol. The van der Waals surface area contributed by atoms with Crippen molar-refractivity contribution in [1.82, 2.24) is 10.3 Å². The van der Waals surface area contributed by atoms with Crippen molar-refractivity contribution in [1.29, 1.82) is 0 Å². The fourth-order valence-electron chi connectivity index (χ4n) is 1.45. The second-order valence-corrected chi connectivity index (χ2v) is 4.34. The molecule has 1 aromatic heterocycles. The molecule has 6 nitrogen and oxygen atoms in total. The van der Waals surface area contributed by atoms with Crippen LogP contribution in [0, 0.1) is 0 Å². The van der Waals surface area contributed by atoms with Gasteiger partial charge >= 0.3 is 0 Å². The number of anilines is 1. The van der Waals surface area contributed by atoms with Crippen LogP contribution in [-0.4, -0.2) is 44.0 Å². The lowest BCUT2D eigenvalue weighted by Gasteiger charge is -2.14. The number of carbonyl (C=O) groups excluding carboxylic acids is 1. The average Bonchev–Trinajstić information content (AvgIpc) is 2.39. The SMILES string of the molecule is COC(CNC(=O)c1ccc(NC(C)C)nc1)OC. The molecule has 0 saturated heterocycles. The van der Waals surface area contributed by atoms with Crippen molar-refractivity contribution in [2.45, 2.75) is 26.2 Å². The Morgan fingerprint density at radius 2 is 2.00 bits per heavy atom. The second kappa shape index (κ2) is 7.70. The molecule has 0 aliphatic rings. The van der Waals surface area contributed by atoms with Crippen LogP contribution in [0.4, 0.5) is 5.82 Å². The van der Waals surface area contributed by atoms with E-state index < -0.39 is 6.29 Å². The van der Waals surface area contributed by atoms with Gasteiger partial charge in [-0.3, -0.25) is 4.79 Å². The summed E-state index contributed by atoms with van der Waals surface area (Å²) < 4.78 is 9.97. The number of hydrogen-bond donors (Lipinski definition) is 2. The van der Waals surface area contributed by atoms with Crippen LogP contribution in [-0.2, 0) is 9.47 Å². The van der Waals surface area contributed by atoms with Crippen LogP contribution in [0.25, 0.3) is 0 Å². The Labute approximate surface area is 113 Å². The summed E-state index contributed by atoms with van der Waals surface area (Å²) in [6.07, 6.45) is 1.09. The Balaban J connectivity index is 2.53. The van der Waals surface area contributed by atoms with Crippen molar-refractivity contribution in [2.24, 2.45) is 0 Å². The van der Waals surface area contributed by atoms with E-state index in [1.54, 1.807) is 12.1 Å². The Morgan fingerprint density at radius 3 is 2.47 bits per heavy atom. The van der Waals surface area contributed by atoms with Crippen molar-refractivity contribution in [3.05, 3.63) is 23.9 Å². The van der Waals surface area contributed by atoms with Crippen LogP contribution in [0.5, 0.6) is 0 Å². The van der Waals surface area contributed by atoms with Gasteiger partial charge in [-0.1, -0.05) is 0 Å². The van der Waals surface area contributed by atoms with Gasteiger partial charge in [-0.25, -0.2) is 4.98 Å². The molecule has 1 heterocycles. The summed E-state index contributed by atoms with van der Waals surface area (Å²) >= 11 is 0. The van der Waals surface area contributed by atoms with Gasteiger partial charge in [0.25, 0.3) is 5.91 Å². The Morgan fingerprint density at radius 1 is 1.32 bits per heavy atom. The number of amides is 1. The second-order valence-electron chi connectivity index (χ2n) is 4.34. The molecule has 1 amide bonds. The van der Waals surface area contributed by atoms with Crippen molar-refractivity contribution < 1.29 is 14.3 Å². The predicted molar refractivity (Wildman–Crippen MR) is 73.1 cm³/mol. The van der Waals surface area contributed by atoms with Gasteiger partial charge in [0.05, 0.1) is 12.1 Å². The highest BCUT2D eigenvalue weighted by Gasteiger charge is 2.10. The zero-order valence-corrected chi connectivity index (χ0v) is 11.8. The highest BCUT2D eigenvalue weighted by molar-refractivity contribution is 5.94. The van der Waals surface area contributed by atoms with Crippen LogP contribution in [0.3, 0.4) is 0 Å². The van der Waals surface area contributed by atoms with Gasteiger partial charge in [0.15, 0.2) is 6.29 Å². The van der Waals surface area contributed by atoms with Gasteiger partial charge in [-0.2, -0.15) is 0 Å². The molecule has 2 N–H and O–H groups in total. The zero-order chi connectivity index (χ0) is 14.3. The summed E-state index contributed by atoms with van der Waals surface area (Å²) in [5, 5.41) is 5.87. The molecule has 106 valence electrons. The van der Waals surface area contributed by atoms with Crippen molar-refractivity contribution in [3.8, 4) is 0 Å². The molecular weight excluding hydrogens is 246 g/mol. The molecule has 0 fully saturated rings. The molecule has 0 unspecified atom stereocenters. The smallest absolute Gasteiger partial charge is 0.253 e. The first-order valence-electron chi connectivity index (χ1n) is 6.13. The fraction of sp³-hybridized carbons (Fsp3) is 0.538. The number of nitrogens with zero attached hydrogens (tertiary/aromatic N) is 1. The van der Waals surface area contributed by atoms with Crippen LogP contribution >= 0.6 is 0 Å². The van der Waals surface area contributed by atoms with E-state index in [1.807, 2.05) is 13.8 Å². The lowest BCUT2D eigenvalue weighted by atomic mass is 10.2. The van der Waals surface area contributed by atoms with E-state index >= 15 is 0 Å². The third-order valence-corrected chi connectivity index (χ3v) is 2.42. The molecule has 0 aliphatic heterocycles. The van der Waals surface area contributed by atoms with Crippen molar-refractivity contribution in [2.75, 3.05) is 26.1 Å². The largest absolute Gasteiger partial charge is 0.368 e. The zero-order valence-electron chi connectivity index (χ0n) is 11.8. The molecule has 0 saturated carbocycles. The molecular formula is C13H21N3O3. The maximum absolute atomic E-state index is 11.8. The van der Waals surface area contributed by atoms with Crippen molar-refractivity contribution in [3.63, 3.8) is 0 Å². The molecule has 0 spiro atoms. The quantitative estimate of drug-likeness (QED) is 0.727. The minimum Gasteiger partial charge on any atom is -0.368 e. The maximum atomic E-state index is 11.8. The standard InChI is InChI=1S/C13H21N3O3/c1-9(2)16-11-6-5-10(7-14-11)13(17)15-8-12(18-3)19-4/h5-7,9,12H,8H2,1-4H3,(H,14,16)(H,15,17). The fourth-order valence-corrected chi connectivity index (χ4v) is 1.45. The van der Waals surface area contributed by atoms with E-state index in [0.717, 1.165) is 5.82 Å². The molecule has 0 radical (unpaired) electrons. The first-order valence-corrected chi connectivity index (χ1v) is 6.13. The summed E-state index contributed by atoms with van der Waals surface area (Å²) in [7, 11) is 3.04. The van der Waals surface area contributed by atoms with Gasteiger partial charge in [0, 0.05) is 26.5 Å². The molecule has 1 aromatic rings. The van der Waals surface area contributed by atoms with Crippen molar-refractivity contribution >= 4 is 11.7 Å². The number of ether oxygens (including phenoxy) is 2. The van der Waals surface area contributed by atoms with Crippen LogP contribution in [0.15, 0.2) is 18.3 Å². The van der Waals surface area contributed by atoms with Gasteiger partial charge in [-0.15, -0.1) is 0 Å². The third-order valence-electron chi connectivity index (χ3n) is 2.42. The maximum Gasteiger partial charge on any atom is 0.253 e. The third kappa shape index (κ3) is 5.23. The summed E-state index contributed by atoms with van der Waals surface area (Å²) in [5.74, 6) is 0.543. The molecule has 0 aromatic carbocycles. The topological polar surface area (TPSA) is 72.5 Å². The minimum atomic E-state index is -0.446. The van der Waals surface area contributed by atoms with Gasteiger partial charge < -0.3 is 20.1 Å².